The molecule has 3 rings (SSSR count). The van der Waals surface area contributed by atoms with E-state index in [-0.39, 0.29) is 23.7 Å². The van der Waals surface area contributed by atoms with Crippen LogP contribution in [0.25, 0.3) is 0 Å². The number of amides is 3. The summed E-state index contributed by atoms with van der Waals surface area (Å²) in [5.74, 6) is -2.68. The van der Waals surface area contributed by atoms with Gasteiger partial charge in [0.15, 0.2) is 6.61 Å². The van der Waals surface area contributed by atoms with E-state index in [1.165, 1.54) is 0 Å². The minimum atomic E-state index is -0.774. The minimum absolute atomic E-state index is 0.309. The number of benzene rings is 1. The fraction of sp³-hybridized carbons (Fsp3) is 0.429. The minimum Gasteiger partial charge on any atom is -0.454 e. The van der Waals surface area contributed by atoms with Crippen molar-refractivity contribution in [1.82, 2.24) is 10.2 Å². The number of imide groups is 1. The Morgan fingerprint density at radius 3 is 2.21 bits per heavy atom. The van der Waals surface area contributed by atoms with Crippen LogP contribution < -0.4 is 10.2 Å². The molecule has 2 atom stereocenters. The molecule has 0 spiro atoms. The third-order valence-corrected chi connectivity index (χ3v) is 5.19. The van der Waals surface area contributed by atoms with Gasteiger partial charge in [0.1, 0.15) is 6.54 Å². The van der Waals surface area contributed by atoms with Crippen LogP contribution in [0.2, 0.25) is 0 Å². The van der Waals surface area contributed by atoms with Crippen LogP contribution in [0, 0.1) is 11.8 Å². The normalized spacial score (nSPS) is 20.4. The Bertz CT molecular complexity index is 805. The van der Waals surface area contributed by atoms with Crippen molar-refractivity contribution in [2.45, 2.75) is 19.4 Å². The number of ether oxygens (including phenoxy) is 1. The van der Waals surface area contributed by atoms with Crippen LogP contribution in [0.4, 0.5) is 5.69 Å². The van der Waals surface area contributed by atoms with Crippen LogP contribution >= 0.6 is 0 Å². The Hall–Kier alpha value is -3.16. The summed E-state index contributed by atoms with van der Waals surface area (Å²) in [4.78, 5) is 51.5. The average molecular weight is 399 g/mol. The molecular weight excluding hydrogens is 374 g/mol. The molecular formula is C21H25N3O5. The predicted octanol–water partition coefficient (Wildman–Crippen LogP) is 0.863. The van der Waals surface area contributed by atoms with E-state index in [9.17, 15) is 19.2 Å². The first-order chi connectivity index (χ1) is 13.9. The van der Waals surface area contributed by atoms with Crippen molar-refractivity contribution in [3.8, 4) is 0 Å². The summed E-state index contributed by atoms with van der Waals surface area (Å²) in [6, 6.07) is 7.69. The fourth-order valence-corrected chi connectivity index (χ4v) is 3.51. The standard InChI is InChI=1S/C21H25N3O5/c1-23(2)15-9-7-14(8-10-15)11-22-18(25)13-29-19(26)12-24-20(27)16-5-3-4-6-17(16)21(24)28/h3-4,7-10,16-17H,5-6,11-13H2,1-2H3,(H,22,25)/t16-,17-/m1/s1. The summed E-state index contributed by atoms with van der Waals surface area (Å²) < 4.78 is 4.94. The Morgan fingerprint density at radius 2 is 1.66 bits per heavy atom. The van der Waals surface area contributed by atoms with Crippen molar-refractivity contribution < 1.29 is 23.9 Å². The summed E-state index contributed by atoms with van der Waals surface area (Å²) in [5, 5.41) is 2.67. The zero-order valence-corrected chi connectivity index (χ0v) is 16.6. The predicted molar refractivity (Wildman–Crippen MR) is 106 cm³/mol. The van der Waals surface area contributed by atoms with E-state index in [0.29, 0.717) is 19.4 Å². The molecule has 1 aliphatic heterocycles. The number of likely N-dealkylation sites (tertiary alicyclic amines) is 1. The Labute approximate surface area is 169 Å². The molecule has 3 amide bonds. The molecule has 0 saturated carbocycles. The van der Waals surface area contributed by atoms with Gasteiger partial charge in [-0.15, -0.1) is 0 Å². The lowest BCUT2D eigenvalue weighted by atomic mass is 9.85. The number of carbonyl (C=O) groups excluding carboxylic acids is 4. The van der Waals surface area contributed by atoms with E-state index in [1.807, 2.05) is 55.4 Å². The SMILES string of the molecule is CN(C)c1ccc(CNC(=O)COC(=O)CN2C(=O)[C@@H]3CC=CC[C@H]3C2=O)cc1. The highest BCUT2D eigenvalue weighted by molar-refractivity contribution is 6.07. The van der Waals surface area contributed by atoms with Crippen LogP contribution in [-0.4, -0.2) is 55.8 Å². The molecule has 1 aliphatic carbocycles. The molecule has 2 aliphatic rings. The van der Waals surface area contributed by atoms with E-state index in [4.69, 9.17) is 4.74 Å². The number of rotatable bonds is 7. The first-order valence-corrected chi connectivity index (χ1v) is 9.55. The highest BCUT2D eigenvalue weighted by Gasteiger charge is 2.47. The molecule has 1 aromatic rings. The van der Waals surface area contributed by atoms with Crippen molar-refractivity contribution in [3.63, 3.8) is 0 Å². The van der Waals surface area contributed by atoms with Gasteiger partial charge in [-0.1, -0.05) is 24.3 Å². The van der Waals surface area contributed by atoms with Gasteiger partial charge in [0.25, 0.3) is 5.91 Å². The average Bonchev–Trinajstić information content (AvgIpc) is 2.96. The summed E-state index contributed by atoms with van der Waals surface area (Å²) in [7, 11) is 3.89. The zero-order valence-electron chi connectivity index (χ0n) is 16.6. The second kappa shape index (κ2) is 8.89. The molecule has 154 valence electrons. The maximum Gasteiger partial charge on any atom is 0.326 e. The number of hydrogen-bond donors (Lipinski definition) is 1. The molecule has 8 heteroatoms. The lowest BCUT2D eigenvalue weighted by Crippen LogP contribution is -2.38. The van der Waals surface area contributed by atoms with Gasteiger partial charge < -0.3 is 15.0 Å². The van der Waals surface area contributed by atoms with Gasteiger partial charge in [0.05, 0.1) is 11.8 Å². The van der Waals surface area contributed by atoms with Crippen LogP contribution in [-0.2, 0) is 30.5 Å². The van der Waals surface area contributed by atoms with Gasteiger partial charge in [-0.3, -0.25) is 24.1 Å². The van der Waals surface area contributed by atoms with Crippen molar-refractivity contribution in [1.29, 1.82) is 0 Å². The second-order valence-corrected chi connectivity index (χ2v) is 7.42. The lowest BCUT2D eigenvalue weighted by molar-refractivity contribution is -0.154. The largest absolute Gasteiger partial charge is 0.454 e. The van der Waals surface area contributed by atoms with Crippen molar-refractivity contribution in [2.75, 3.05) is 32.1 Å². The molecule has 1 aromatic carbocycles. The molecule has 8 nitrogen and oxygen atoms in total. The van der Waals surface area contributed by atoms with Gasteiger partial charge >= 0.3 is 5.97 Å². The highest BCUT2D eigenvalue weighted by Crippen LogP contribution is 2.34. The number of nitrogens with one attached hydrogen (secondary N) is 1. The smallest absolute Gasteiger partial charge is 0.326 e. The van der Waals surface area contributed by atoms with Gasteiger partial charge in [-0.25, -0.2) is 0 Å². The van der Waals surface area contributed by atoms with Gasteiger partial charge in [0.2, 0.25) is 11.8 Å². The number of hydrogen-bond acceptors (Lipinski definition) is 6. The van der Waals surface area contributed by atoms with Crippen molar-refractivity contribution in [3.05, 3.63) is 42.0 Å². The van der Waals surface area contributed by atoms with Gasteiger partial charge in [0, 0.05) is 26.3 Å². The molecule has 0 bridgehead atoms. The maximum absolute atomic E-state index is 12.3. The van der Waals surface area contributed by atoms with Crippen LogP contribution in [0.15, 0.2) is 36.4 Å². The van der Waals surface area contributed by atoms with E-state index >= 15 is 0 Å². The van der Waals surface area contributed by atoms with Gasteiger partial charge in [-0.05, 0) is 30.5 Å². The molecule has 1 fully saturated rings. The molecule has 0 aromatic heterocycles. The topological polar surface area (TPSA) is 96.0 Å². The number of esters is 1. The number of fused-ring (bicyclic) bond motifs is 1. The van der Waals surface area contributed by atoms with E-state index in [2.05, 4.69) is 5.32 Å². The van der Waals surface area contributed by atoms with E-state index in [0.717, 1.165) is 16.2 Å². The van der Waals surface area contributed by atoms with E-state index < -0.39 is 25.0 Å². The number of nitrogens with zero attached hydrogens (tertiary/aromatic N) is 2. The number of anilines is 1. The van der Waals surface area contributed by atoms with Crippen molar-refractivity contribution >= 4 is 29.4 Å². The third-order valence-electron chi connectivity index (χ3n) is 5.19. The van der Waals surface area contributed by atoms with Crippen LogP contribution in [0.5, 0.6) is 0 Å². The molecule has 0 unspecified atom stereocenters. The fourth-order valence-electron chi connectivity index (χ4n) is 3.51. The Balaban J connectivity index is 1.41. The van der Waals surface area contributed by atoms with Gasteiger partial charge in [-0.2, -0.15) is 0 Å². The van der Waals surface area contributed by atoms with Crippen molar-refractivity contribution in [2.24, 2.45) is 11.8 Å². The van der Waals surface area contributed by atoms with Crippen LogP contribution in [0.3, 0.4) is 0 Å². The quantitative estimate of drug-likeness (QED) is 0.415. The van der Waals surface area contributed by atoms with E-state index in [1.54, 1.807) is 0 Å². The molecule has 1 saturated heterocycles. The first-order valence-electron chi connectivity index (χ1n) is 9.55. The first kappa shape index (κ1) is 20.6. The summed E-state index contributed by atoms with van der Waals surface area (Å²) in [6.07, 6.45) is 4.79. The molecule has 0 radical (unpaired) electrons. The molecule has 1 N–H and O–H groups in total. The zero-order chi connectivity index (χ0) is 21.0. The highest BCUT2D eigenvalue weighted by atomic mass is 16.5. The van der Waals surface area contributed by atoms with Crippen LogP contribution in [0.1, 0.15) is 18.4 Å². The third kappa shape index (κ3) is 4.82. The maximum atomic E-state index is 12.3. The number of carbonyl (C=O) groups is 4. The Morgan fingerprint density at radius 1 is 1.07 bits per heavy atom. The summed E-state index contributed by atoms with van der Waals surface area (Å²) >= 11 is 0. The molecule has 29 heavy (non-hydrogen) atoms. The Kier molecular flexibility index (Phi) is 6.31. The monoisotopic (exact) mass is 399 g/mol. The summed E-state index contributed by atoms with van der Waals surface area (Å²) in [5.41, 5.74) is 1.97. The number of allylic oxidation sites excluding steroid dienone is 2. The second-order valence-electron chi connectivity index (χ2n) is 7.42. The molecule has 1 heterocycles. The lowest BCUT2D eigenvalue weighted by Gasteiger charge is -2.14. The summed E-state index contributed by atoms with van der Waals surface area (Å²) in [6.45, 7) is -0.604.